The lowest BCUT2D eigenvalue weighted by Crippen LogP contribution is -2.36. The van der Waals surface area contributed by atoms with E-state index in [9.17, 15) is 0 Å². The van der Waals surface area contributed by atoms with E-state index >= 15 is 0 Å². The minimum Gasteiger partial charge on any atom is -0.380 e. The van der Waals surface area contributed by atoms with Crippen molar-refractivity contribution in [2.45, 2.75) is 26.9 Å². The van der Waals surface area contributed by atoms with Crippen molar-refractivity contribution < 1.29 is 4.74 Å². The molecule has 2 unspecified atom stereocenters. The topological polar surface area (TPSA) is 38.5 Å². The first kappa shape index (κ1) is 12.9. The summed E-state index contributed by atoms with van der Waals surface area (Å²) in [5.41, 5.74) is 5.58. The van der Waals surface area contributed by atoms with Gasteiger partial charge in [0, 0.05) is 20.2 Å². The lowest BCUT2D eigenvalue weighted by atomic mass is 10.1. The maximum Gasteiger partial charge on any atom is 0.0670 e. The van der Waals surface area contributed by atoms with Crippen molar-refractivity contribution in [3.05, 3.63) is 0 Å². The van der Waals surface area contributed by atoms with E-state index in [1.54, 1.807) is 7.11 Å². The van der Waals surface area contributed by atoms with Crippen molar-refractivity contribution in [1.82, 2.24) is 4.90 Å². The van der Waals surface area contributed by atoms with Gasteiger partial charge < -0.3 is 15.4 Å². The van der Waals surface area contributed by atoms with E-state index in [2.05, 4.69) is 25.7 Å². The van der Waals surface area contributed by atoms with Crippen LogP contribution in [0.3, 0.4) is 0 Å². The van der Waals surface area contributed by atoms with Crippen molar-refractivity contribution in [3.63, 3.8) is 0 Å². The Labute approximate surface area is 82.2 Å². The molecule has 0 heterocycles. The monoisotopic (exact) mass is 188 g/mol. The third-order valence-corrected chi connectivity index (χ3v) is 2.34. The van der Waals surface area contributed by atoms with E-state index in [-0.39, 0.29) is 0 Å². The summed E-state index contributed by atoms with van der Waals surface area (Å²) in [4.78, 5) is 2.38. The molecular formula is C10H24N2O. The van der Waals surface area contributed by atoms with E-state index in [1.807, 2.05) is 0 Å². The van der Waals surface area contributed by atoms with E-state index < -0.39 is 0 Å². The highest BCUT2D eigenvalue weighted by Gasteiger charge is 2.10. The molecular weight excluding hydrogens is 164 g/mol. The number of likely N-dealkylation sites (N-methyl/N-ethyl adjacent to an activating group) is 1. The number of ether oxygens (including phenoxy) is 1. The third-order valence-electron chi connectivity index (χ3n) is 2.34. The van der Waals surface area contributed by atoms with Gasteiger partial charge in [-0.05, 0) is 25.9 Å². The van der Waals surface area contributed by atoms with Gasteiger partial charge >= 0.3 is 0 Å². The van der Waals surface area contributed by atoms with Crippen LogP contribution in [0.1, 0.15) is 20.8 Å². The number of hydrogen-bond donors (Lipinski definition) is 1. The molecule has 0 aromatic heterocycles. The Morgan fingerprint density at radius 1 is 1.31 bits per heavy atom. The van der Waals surface area contributed by atoms with Crippen LogP contribution in [0.5, 0.6) is 0 Å². The average molecular weight is 188 g/mol. The number of methoxy groups -OCH3 is 1. The van der Waals surface area contributed by atoms with E-state index in [0.717, 1.165) is 26.2 Å². The molecule has 3 nitrogen and oxygen atoms in total. The van der Waals surface area contributed by atoms with Gasteiger partial charge in [-0.2, -0.15) is 0 Å². The molecule has 3 heteroatoms. The van der Waals surface area contributed by atoms with Gasteiger partial charge in [-0.3, -0.25) is 0 Å². The molecule has 2 N–H and O–H groups in total. The van der Waals surface area contributed by atoms with Gasteiger partial charge in [0.15, 0.2) is 0 Å². The molecule has 0 radical (unpaired) electrons. The van der Waals surface area contributed by atoms with Crippen LogP contribution in [-0.2, 0) is 4.74 Å². The molecule has 0 aliphatic carbocycles. The third kappa shape index (κ3) is 6.02. The first-order valence-electron chi connectivity index (χ1n) is 5.09. The first-order chi connectivity index (χ1) is 6.13. The van der Waals surface area contributed by atoms with Crippen LogP contribution in [0.15, 0.2) is 0 Å². The minimum absolute atomic E-state index is 0.310. The van der Waals surface area contributed by atoms with Crippen molar-refractivity contribution in [2.75, 3.05) is 33.3 Å². The van der Waals surface area contributed by atoms with E-state index in [0.29, 0.717) is 12.0 Å². The summed E-state index contributed by atoms with van der Waals surface area (Å²) in [5.74, 6) is 0.573. The predicted molar refractivity (Wildman–Crippen MR) is 56.8 cm³/mol. The molecule has 0 spiro atoms. The molecule has 0 bridgehead atoms. The molecule has 0 amide bonds. The highest BCUT2D eigenvalue weighted by molar-refractivity contribution is 4.64. The summed E-state index contributed by atoms with van der Waals surface area (Å²) >= 11 is 0. The molecule has 0 fully saturated rings. The number of nitrogens with two attached hydrogens (primary N) is 1. The van der Waals surface area contributed by atoms with Crippen molar-refractivity contribution in [1.29, 1.82) is 0 Å². The summed E-state index contributed by atoms with van der Waals surface area (Å²) in [5, 5.41) is 0. The second kappa shape index (κ2) is 7.30. The van der Waals surface area contributed by atoms with Gasteiger partial charge in [0.2, 0.25) is 0 Å². The minimum atomic E-state index is 0.310. The maximum absolute atomic E-state index is 5.58. The zero-order valence-electron chi connectivity index (χ0n) is 9.42. The molecule has 2 atom stereocenters. The van der Waals surface area contributed by atoms with Crippen LogP contribution < -0.4 is 5.73 Å². The highest BCUT2D eigenvalue weighted by atomic mass is 16.5. The Morgan fingerprint density at radius 3 is 2.31 bits per heavy atom. The van der Waals surface area contributed by atoms with Crippen LogP contribution in [0.4, 0.5) is 0 Å². The van der Waals surface area contributed by atoms with Crippen LogP contribution in [0, 0.1) is 5.92 Å². The van der Waals surface area contributed by atoms with E-state index in [1.165, 1.54) is 0 Å². The molecule has 0 aromatic rings. The molecule has 80 valence electrons. The molecule has 0 aliphatic heterocycles. The maximum atomic E-state index is 5.58. The number of rotatable bonds is 7. The van der Waals surface area contributed by atoms with E-state index in [4.69, 9.17) is 10.5 Å². The normalized spacial score (nSPS) is 16.2. The summed E-state index contributed by atoms with van der Waals surface area (Å²) in [7, 11) is 1.75. The lowest BCUT2D eigenvalue weighted by molar-refractivity contribution is 0.0743. The summed E-state index contributed by atoms with van der Waals surface area (Å²) in [6.45, 7) is 10.3. The van der Waals surface area contributed by atoms with Crippen molar-refractivity contribution >= 4 is 0 Å². The zero-order chi connectivity index (χ0) is 10.3. The van der Waals surface area contributed by atoms with Crippen LogP contribution >= 0.6 is 0 Å². The first-order valence-corrected chi connectivity index (χ1v) is 5.09. The smallest absolute Gasteiger partial charge is 0.0670 e. The second-order valence-corrected chi connectivity index (χ2v) is 3.74. The molecule has 0 saturated heterocycles. The summed E-state index contributed by atoms with van der Waals surface area (Å²) in [6.07, 6.45) is 0.310. The van der Waals surface area contributed by atoms with Gasteiger partial charge in [-0.25, -0.2) is 0 Å². The molecule has 0 rings (SSSR count). The average Bonchev–Trinajstić information content (AvgIpc) is 2.16. The van der Waals surface area contributed by atoms with Gasteiger partial charge in [-0.1, -0.05) is 13.8 Å². The molecule has 0 aromatic carbocycles. The largest absolute Gasteiger partial charge is 0.380 e. The lowest BCUT2D eigenvalue weighted by Gasteiger charge is -2.25. The SMILES string of the molecule is CCN(CC(C)CN)CC(C)OC. The molecule has 0 saturated carbocycles. The Kier molecular flexibility index (Phi) is 7.23. The second-order valence-electron chi connectivity index (χ2n) is 3.74. The quantitative estimate of drug-likeness (QED) is 0.646. The fourth-order valence-corrected chi connectivity index (χ4v) is 1.29. The Morgan fingerprint density at radius 2 is 1.92 bits per heavy atom. The predicted octanol–water partition coefficient (Wildman–Crippen LogP) is 0.938. The van der Waals surface area contributed by atoms with Crippen LogP contribution in [0.2, 0.25) is 0 Å². The van der Waals surface area contributed by atoms with Crippen LogP contribution in [-0.4, -0.2) is 44.3 Å². The Bertz CT molecular complexity index is 107. The Hall–Kier alpha value is -0.120. The standard InChI is InChI=1S/C10H24N2O/c1-5-12(7-9(2)6-11)8-10(3)13-4/h9-10H,5-8,11H2,1-4H3. The highest BCUT2D eigenvalue weighted by Crippen LogP contribution is 2.00. The fourth-order valence-electron chi connectivity index (χ4n) is 1.29. The fraction of sp³-hybridized carbons (Fsp3) is 1.00. The zero-order valence-corrected chi connectivity index (χ0v) is 9.42. The Balaban J connectivity index is 3.74. The molecule has 0 aliphatic rings. The van der Waals surface area contributed by atoms with Gasteiger partial charge in [0.25, 0.3) is 0 Å². The van der Waals surface area contributed by atoms with Crippen molar-refractivity contribution in [3.8, 4) is 0 Å². The van der Waals surface area contributed by atoms with Gasteiger partial charge in [0.1, 0.15) is 0 Å². The van der Waals surface area contributed by atoms with Crippen molar-refractivity contribution in [2.24, 2.45) is 11.7 Å². The van der Waals surface area contributed by atoms with Gasteiger partial charge in [0.05, 0.1) is 6.10 Å². The molecule has 13 heavy (non-hydrogen) atoms. The number of hydrogen-bond acceptors (Lipinski definition) is 3. The summed E-state index contributed by atoms with van der Waals surface area (Å²) in [6, 6.07) is 0. The van der Waals surface area contributed by atoms with Gasteiger partial charge in [-0.15, -0.1) is 0 Å². The number of nitrogens with zero attached hydrogens (tertiary/aromatic N) is 1. The summed E-state index contributed by atoms with van der Waals surface area (Å²) < 4.78 is 5.22. The van der Waals surface area contributed by atoms with Crippen LogP contribution in [0.25, 0.3) is 0 Å².